The SMILES string of the molecule is Cc1[nH]ncc1CNC1CCCCC1C(F)(F)F. The topological polar surface area (TPSA) is 40.7 Å². The molecule has 0 aliphatic heterocycles. The van der Waals surface area contributed by atoms with Crippen LogP contribution in [0.25, 0.3) is 0 Å². The Morgan fingerprint density at radius 3 is 2.72 bits per heavy atom. The van der Waals surface area contributed by atoms with Gasteiger partial charge in [0.05, 0.1) is 12.1 Å². The summed E-state index contributed by atoms with van der Waals surface area (Å²) < 4.78 is 38.6. The van der Waals surface area contributed by atoms with E-state index in [4.69, 9.17) is 0 Å². The summed E-state index contributed by atoms with van der Waals surface area (Å²) in [6, 6.07) is -0.465. The van der Waals surface area contributed by atoms with E-state index in [1.165, 1.54) is 0 Å². The van der Waals surface area contributed by atoms with Crippen LogP contribution < -0.4 is 5.32 Å². The molecular weight excluding hydrogens is 243 g/mol. The number of nitrogens with one attached hydrogen (secondary N) is 2. The minimum absolute atomic E-state index is 0.242. The highest BCUT2D eigenvalue weighted by atomic mass is 19.4. The van der Waals surface area contributed by atoms with Crippen LogP contribution in [-0.4, -0.2) is 22.4 Å². The number of hydrogen-bond acceptors (Lipinski definition) is 2. The monoisotopic (exact) mass is 261 g/mol. The minimum Gasteiger partial charge on any atom is -0.309 e. The standard InChI is InChI=1S/C12H18F3N3/c1-8-9(7-17-18-8)6-16-11-5-3-2-4-10(11)12(13,14)15/h7,10-11,16H,2-6H2,1H3,(H,17,18). The van der Waals surface area contributed by atoms with E-state index in [1.54, 1.807) is 6.20 Å². The zero-order valence-corrected chi connectivity index (χ0v) is 10.3. The van der Waals surface area contributed by atoms with E-state index >= 15 is 0 Å². The van der Waals surface area contributed by atoms with E-state index in [2.05, 4.69) is 15.5 Å². The van der Waals surface area contributed by atoms with Gasteiger partial charge in [0, 0.05) is 23.8 Å². The number of aromatic nitrogens is 2. The third-order valence-corrected chi connectivity index (χ3v) is 3.68. The molecule has 18 heavy (non-hydrogen) atoms. The Morgan fingerprint density at radius 1 is 1.39 bits per heavy atom. The van der Waals surface area contributed by atoms with E-state index in [0.29, 0.717) is 19.4 Å². The van der Waals surface area contributed by atoms with Gasteiger partial charge in [0.2, 0.25) is 0 Å². The van der Waals surface area contributed by atoms with Gasteiger partial charge in [-0.3, -0.25) is 5.10 Å². The molecule has 6 heteroatoms. The second-order valence-corrected chi connectivity index (χ2v) is 4.94. The maximum atomic E-state index is 12.9. The molecule has 0 bridgehead atoms. The average molecular weight is 261 g/mol. The Labute approximate surface area is 104 Å². The Balaban J connectivity index is 1.96. The van der Waals surface area contributed by atoms with Gasteiger partial charge in [0.1, 0.15) is 0 Å². The highest BCUT2D eigenvalue weighted by molar-refractivity contribution is 5.14. The van der Waals surface area contributed by atoms with E-state index in [0.717, 1.165) is 17.7 Å². The number of hydrogen-bond donors (Lipinski definition) is 2. The van der Waals surface area contributed by atoms with Crippen LogP contribution in [0.3, 0.4) is 0 Å². The van der Waals surface area contributed by atoms with E-state index < -0.39 is 18.1 Å². The molecule has 2 rings (SSSR count). The Bertz CT molecular complexity index is 386. The lowest BCUT2D eigenvalue weighted by molar-refractivity contribution is -0.189. The molecule has 2 unspecified atom stereocenters. The molecule has 2 atom stereocenters. The number of aromatic amines is 1. The maximum Gasteiger partial charge on any atom is 0.393 e. The molecule has 1 aromatic rings. The summed E-state index contributed by atoms with van der Waals surface area (Å²) in [5.41, 5.74) is 1.84. The fourth-order valence-corrected chi connectivity index (χ4v) is 2.56. The van der Waals surface area contributed by atoms with Crippen molar-refractivity contribution >= 4 is 0 Å². The lowest BCUT2D eigenvalue weighted by Gasteiger charge is -2.33. The first-order valence-electron chi connectivity index (χ1n) is 6.27. The molecule has 1 heterocycles. The molecule has 0 amide bonds. The van der Waals surface area contributed by atoms with Gasteiger partial charge in [0.15, 0.2) is 0 Å². The van der Waals surface area contributed by atoms with E-state index in [9.17, 15) is 13.2 Å². The van der Waals surface area contributed by atoms with Crippen molar-refractivity contribution in [3.63, 3.8) is 0 Å². The van der Waals surface area contributed by atoms with Gasteiger partial charge in [0.25, 0.3) is 0 Å². The van der Waals surface area contributed by atoms with Gasteiger partial charge in [-0.15, -0.1) is 0 Å². The van der Waals surface area contributed by atoms with Gasteiger partial charge >= 0.3 is 6.18 Å². The van der Waals surface area contributed by atoms with Crippen LogP contribution in [0.2, 0.25) is 0 Å². The first-order valence-corrected chi connectivity index (χ1v) is 6.27. The first kappa shape index (κ1) is 13.4. The summed E-state index contributed by atoms with van der Waals surface area (Å²) in [4.78, 5) is 0. The fourth-order valence-electron chi connectivity index (χ4n) is 2.56. The number of aryl methyl sites for hydroxylation is 1. The molecular formula is C12H18F3N3. The fraction of sp³-hybridized carbons (Fsp3) is 0.750. The van der Waals surface area contributed by atoms with Crippen molar-refractivity contribution in [1.82, 2.24) is 15.5 Å². The van der Waals surface area contributed by atoms with Crippen molar-refractivity contribution in [2.75, 3.05) is 0 Å². The predicted molar refractivity (Wildman–Crippen MR) is 62.0 cm³/mol. The number of nitrogens with zero attached hydrogens (tertiary/aromatic N) is 1. The highest BCUT2D eigenvalue weighted by Gasteiger charge is 2.45. The maximum absolute atomic E-state index is 12.9. The summed E-state index contributed by atoms with van der Waals surface area (Å²) in [6.45, 7) is 2.31. The largest absolute Gasteiger partial charge is 0.393 e. The molecule has 1 saturated carbocycles. The van der Waals surface area contributed by atoms with Crippen LogP contribution in [0.15, 0.2) is 6.20 Å². The lowest BCUT2D eigenvalue weighted by Crippen LogP contribution is -2.45. The van der Waals surface area contributed by atoms with Crippen LogP contribution in [-0.2, 0) is 6.54 Å². The lowest BCUT2D eigenvalue weighted by atomic mass is 9.84. The average Bonchev–Trinajstić information content (AvgIpc) is 2.71. The first-order chi connectivity index (χ1) is 8.48. The Kier molecular flexibility index (Phi) is 3.94. The van der Waals surface area contributed by atoms with Crippen LogP contribution in [0.1, 0.15) is 36.9 Å². The second-order valence-electron chi connectivity index (χ2n) is 4.94. The molecule has 3 nitrogen and oxygen atoms in total. The third kappa shape index (κ3) is 3.04. The van der Waals surface area contributed by atoms with Crippen LogP contribution in [0.5, 0.6) is 0 Å². The molecule has 2 N–H and O–H groups in total. The summed E-state index contributed by atoms with van der Waals surface area (Å²) >= 11 is 0. The summed E-state index contributed by atoms with van der Waals surface area (Å²) in [5.74, 6) is -1.21. The molecule has 1 aliphatic rings. The molecule has 102 valence electrons. The van der Waals surface area contributed by atoms with E-state index in [-0.39, 0.29) is 6.42 Å². The van der Waals surface area contributed by atoms with Gasteiger partial charge in [-0.2, -0.15) is 18.3 Å². The quantitative estimate of drug-likeness (QED) is 0.878. The van der Waals surface area contributed by atoms with E-state index in [1.807, 2.05) is 6.92 Å². The van der Waals surface area contributed by atoms with Gasteiger partial charge in [-0.1, -0.05) is 12.8 Å². The van der Waals surface area contributed by atoms with Gasteiger partial charge in [-0.25, -0.2) is 0 Å². The highest BCUT2D eigenvalue weighted by Crippen LogP contribution is 2.37. The molecule has 0 aromatic carbocycles. The zero-order valence-electron chi connectivity index (χ0n) is 10.3. The molecule has 1 aromatic heterocycles. The van der Waals surface area contributed by atoms with Gasteiger partial charge < -0.3 is 5.32 Å². The summed E-state index contributed by atoms with van der Waals surface area (Å²) in [6.07, 6.45) is -0.0500. The Morgan fingerprint density at radius 2 is 2.11 bits per heavy atom. The Hall–Kier alpha value is -1.04. The van der Waals surface area contributed by atoms with Gasteiger partial charge in [-0.05, 0) is 19.8 Å². The summed E-state index contributed by atoms with van der Waals surface area (Å²) in [7, 11) is 0. The van der Waals surface area contributed by atoms with Crippen molar-refractivity contribution in [2.45, 2.75) is 51.4 Å². The second kappa shape index (κ2) is 5.30. The van der Waals surface area contributed by atoms with Crippen molar-refractivity contribution in [3.8, 4) is 0 Å². The summed E-state index contributed by atoms with van der Waals surface area (Å²) in [5, 5.41) is 9.69. The number of alkyl halides is 3. The van der Waals surface area contributed by atoms with Crippen LogP contribution >= 0.6 is 0 Å². The van der Waals surface area contributed by atoms with Crippen molar-refractivity contribution < 1.29 is 13.2 Å². The van der Waals surface area contributed by atoms with Crippen molar-refractivity contribution in [3.05, 3.63) is 17.5 Å². The van der Waals surface area contributed by atoms with Crippen molar-refractivity contribution in [1.29, 1.82) is 0 Å². The zero-order chi connectivity index (χ0) is 13.2. The van der Waals surface area contributed by atoms with Crippen LogP contribution in [0, 0.1) is 12.8 Å². The third-order valence-electron chi connectivity index (χ3n) is 3.68. The van der Waals surface area contributed by atoms with Crippen molar-refractivity contribution in [2.24, 2.45) is 5.92 Å². The normalized spacial score (nSPS) is 25.3. The molecule has 0 spiro atoms. The smallest absolute Gasteiger partial charge is 0.309 e. The number of H-pyrrole nitrogens is 1. The molecule has 0 radical (unpaired) electrons. The van der Waals surface area contributed by atoms with Crippen LogP contribution in [0.4, 0.5) is 13.2 Å². The minimum atomic E-state index is -4.09. The molecule has 0 saturated heterocycles. The molecule has 1 aliphatic carbocycles. The number of halogens is 3. The number of rotatable bonds is 3. The molecule has 1 fully saturated rings. The predicted octanol–water partition coefficient (Wildman–Crippen LogP) is 2.93.